The third-order valence-corrected chi connectivity index (χ3v) is 6.31. The molecule has 1 unspecified atom stereocenters. The number of thioether (sulfide) groups is 1. The normalized spacial score (nSPS) is 17.7. The van der Waals surface area contributed by atoms with E-state index in [1.807, 2.05) is 54.6 Å². The summed E-state index contributed by atoms with van der Waals surface area (Å²) in [5.41, 5.74) is 4.74. The first-order valence-corrected chi connectivity index (χ1v) is 10.2. The standard InChI is InChI=1S/C22H14BClNO2S/c24-15-7-9-19-17(11-15)25-21(22(28-19)13-4-2-1-3-5-13)14-6-8-18-16(10-14)23-20(26)12-27-18/h1-11,22H,12H2. The second-order valence-corrected chi connectivity index (χ2v) is 8.25. The molecular formula is C22H14BClNO2S. The molecule has 2 heterocycles. The van der Waals surface area contributed by atoms with Gasteiger partial charge < -0.3 is 9.53 Å². The highest BCUT2D eigenvalue weighted by molar-refractivity contribution is 8.00. The highest BCUT2D eigenvalue weighted by Crippen LogP contribution is 2.47. The number of nitrogens with zero attached hydrogens (tertiary/aromatic N) is 1. The van der Waals surface area contributed by atoms with Crippen LogP contribution in [0.25, 0.3) is 0 Å². The summed E-state index contributed by atoms with van der Waals surface area (Å²) in [7, 11) is 1.64. The number of aliphatic imine (C=N–C) groups is 1. The Labute approximate surface area is 173 Å². The quantitative estimate of drug-likeness (QED) is 0.590. The topological polar surface area (TPSA) is 38.7 Å². The maximum Gasteiger partial charge on any atom is 0.250 e. The summed E-state index contributed by atoms with van der Waals surface area (Å²) in [6, 6.07) is 22.0. The fourth-order valence-corrected chi connectivity index (χ4v) is 4.82. The molecule has 0 aliphatic carbocycles. The zero-order valence-corrected chi connectivity index (χ0v) is 16.3. The first-order valence-electron chi connectivity index (χ1n) is 8.92. The summed E-state index contributed by atoms with van der Waals surface area (Å²) in [6.07, 6.45) is 0. The fourth-order valence-electron chi connectivity index (χ4n) is 3.43. The Morgan fingerprint density at radius 1 is 1.07 bits per heavy atom. The van der Waals surface area contributed by atoms with Crippen molar-refractivity contribution in [1.82, 2.24) is 0 Å². The van der Waals surface area contributed by atoms with Crippen LogP contribution in [-0.2, 0) is 4.79 Å². The summed E-state index contributed by atoms with van der Waals surface area (Å²) in [4.78, 5) is 17.8. The van der Waals surface area contributed by atoms with Crippen molar-refractivity contribution < 1.29 is 9.53 Å². The van der Waals surface area contributed by atoms with Crippen molar-refractivity contribution >= 4 is 53.2 Å². The molecule has 0 aromatic heterocycles. The predicted molar refractivity (Wildman–Crippen MR) is 115 cm³/mol. The lowest BCUT2D eigenvalue weighted by Gasteiger charge is -2.26. The molecular weight excluding hydrogens is 389 g/mol. The van der Waals surface area contributed by atoms with Gasteiger partial charge in [0.05, 0.1) is 16.6 Å². The molecule has 2 aliphatic rings. The van der Waals surface area contributed by atoms with E-state index in [0.717, 1.165) is 33.1 Å². The Morgan fingerprint density at radius 3 is 2.79 bits per heavy atom. The van der Waals surface area contributed by atoms with Gasteiger partial charge in [-0.25, -0.2) is 0 Å². The molecule has 135 valence electrons. The van der Waals surface area contributed by atoms with Crippen molar-refractivity contribution in [3.05, 3.63) is 82.9 Å². The molecule has 0 saturated carbocycles. The number of hydrogen-bond donors (Lipinski definition) is 0. The van der Waals surface area contributed by atoms with Crippen molar-refractivity contribution in [3.63, 3.8) is 0 Å². The van der Waals surface area contributed by atoms with Crippen molar-refractivity contribution in [3.8, 4) is 5.75 Å². The van der Waals surface area contributed by atoms with E-state index in [1.54, 1.807) is 19.0 Å². The Balaban J connectivity index is 1.65. The van der Waals surface area contributed by atoms with Crippen LogP contribution >= 0.6 is 23.4 Å². The molecule has 3 nitrogen and oxygen atoms in total. The largest absolute Gasteiger partial charge is 0.487 e. The van der Waals surface area contributed by atoms with Gasteiger partial charge in [0.2, 0.25) is 0 Å². The molecule has 1 radical (unpaired) electrons. The van der Waals surface area contributed by atoms with E-state index in [-0.39, 0.29) is 17.5 Å². The molecule has 3 aromatic carbocycles. The molecule has 0 fully saturated rings. The van der Waals surface area contributed by atoms with Gasteiger partial charge in [-0.1, -0.05) is 48.0 Å². The zero-order chi connectivity index (χ0) is 19.1. The Morgan fingerprint density at radius 2 is 1.93 bits per heavy atom. The molecule has 0 amide bonds. The van der Waals surface area contributed by atoms with Crippen LogP contribution in [0.5, 0.6) is 5.75 Å². The highest BCUT2D eigenvalue weighted by atomic mass is 35.5. The van der Waals surface area contributed by atoms with Crippen molar-refractivity contribution in [2.45, 2.75) is 10.1 Å². The summed E-state index contributed by atoms with van der Waals surface area (Å²) in [5, 5.41) is 0.714. The van der Waals surface area contributed by atoms with Gasteiger partial charge in [0.1, 0.15) is 18.0 Å². The summed E-state index contributed by atoms with van der Waals surface area (Å²) in [6.45, 7) is 0.0989. The van der Waals surface area contributed by atoms with E-state index in [4.69, 9.17) is 21.3 Å². The molecule has 0 saturated heterocycles. The van der Waals surface area contributed by atoms with Gasteiger partial charge in [-0.2, -0.15) is 0 Å². The maximum absolute atomic E-state index is 11.8. The van der Waals surface area contributed by atoms with Gasteiger partial charge in [0.25, 0.3) is 7.28 Å². The van der Waals surface area contributed by atoms with Gasteiger partial charge in [-0.3, -0.25) is 4.99 Å². The minimum absolute atomic E-state index is 0.0265. The van der Waals surface area contributed by atoms with Crippen molar-refractivity contribution in [1.29, 1.82) is 0 Å². The van der Waals surface area contributed by atoms with Crippen LogP contribution in [0, 0.1) is 0 Å². The lowest BCUT2D eigenvalue weighted by molar-refractivity contribution is -0.114. The summed E-state index contributed by atoms with van der Waals surface area (Å²) < 4.78 is 5.52. The molecule has 28 heavy (non-hydrogen) atoms. The SMILES string of the molecule is O=C1[B]c2cc(C3=Nc4cc(Cl)ccc4SC3c3ccccc3)ccc2OC1. The van der Waals surface area contributed by atoms with E-state index in [0.29, 0.717) is 5.02 Å². The van der Waals surface area contributed by atoms with E-state index in [2.05, 4.69) is 12.1 Å². The average molecular weight is 403 g/mol. The van der Waals surface area contributed by atoms with E-state index in [1.165, 1.54) is 5.56 Å². The lowest BCUT2D eigenvalue weighted by Crippen LogP contribution is -2.36. The molecule has 0 spiro atoms. The second-order valence-electron chi connectivity index (χ2n) is 6.67. The Hall–Kier alpha value is -2.50. The molecule has 2 aliphatic heterocycles. The van der Waals surface area contributed by atoms with Crippen molar-refractivity contribution in [2.24, 2.45) is 4.99 Å². The summed E-state index contributed by atoms with van der Waals surface area (Å²) in [5.74, 6) is 0.729. The number of rotatable bonds is 2. The number of halogens is 1. The first-order chi connectivity index (χ1) is 13.7. The number of hydrogen-bond acceptors (Lipinski definition) is 4. The van der Waals surface area contributed by atoms with Crippen LogP contribution < -0.4 is 10.2 Å². The van der Waals surface area contributed by atoms with Crippen LogP contribution in [0.15, 0.2) is 76.6 Å². The highest BCUT2D eigenvalue weighted by Gasteiger charge is 2.28. The lowest BCUT2D eigenvalue weighted by atomic mass is 9.64. The molecule has 6 heteroatoms. The van der Waals surface area contributed by atoms with Gasteiger partial charge in [0, 0.05) is 9.92 Å². The van der Waals surface area contributed by atoms with Gasteiger partial charge in [0.15, 0.2) is 0 Å². The van der Waals surface area contributed by atoms with Gasteiger partial charge in [-0.15, -0.1) is 11.8 Å². The maximum atomic E-state index is 11.8. The average Bonchev–Trinajstić information content (AvgIpc) is 2.73. The minimum atomic E-state index is -0.0265. The van der Waals surface area contributed by atoms with Crippen LogP contribution in [0.3, 0.4) is 0 Å². The van der Waals surface area contributed by atoms with E-state index in [9.17, 15) is 4.79 Å². The number of carbonyl (C=O) groups is 1. The number of fused-ring (bicyclic) bond motifs is 2. The fraction of sp³-hybridized carbons (Fsp3) is 0.0909. The predicted octanol–water partition coefficient (Wildman–Crippen LogP) is 4.56. The van der Waals surface area contributed by atoms with Crippen LogP contribution in [0.4, 0.5) is 5.69 Å². The van der Waals surface area contributed by atoms with Gasteiger partial charge in [-0.05, 0) is 46.9 Å². The summed E-state index contributed by atoms with van der Waals surface area (Å²) >= 11 is 7.96. The third-order valence-electron chi connectivity index (χ3n) is 4.75. The molecule has 0 bridgehead atoms. The molecule has 1 atom stereocenters. The van der Waals surface area contributed by atoms with Crippen LogP contribution in [-0.4, -0.2) is 25.3 Å². The first kappa shape index (κ1) is 17.6. The third kappa shape index (κ3) is 3.25. The zero-order valence-electron chi connectivity index (χ0n) is 14.8. The van der Waals surface area contributed by atoms with Crippen LogP contribution in [0.1, 0.15) is 16.4 Å². The molecule has 3 aromatic rings. The Bertz CT molecular complexity index is 1120. The van der Waals surface area contributed by atoms with Crippen LogP contribution in [0.2, 0.25) is 5.02 Å². The smallest absolute Gasteiger partial charge is 0.250 e. The van der Waals surface area contributed by atoms with Crippen molar-refractivity contribution in [2.75, 3.05) is 6.61 Å². The minimum Gasteiger partial charge on any atom is -0.487 e. The van der Waals surface area contributed by atoms with Gasteiger partial charge >= 0.3 is 0 Å². The number of ether oxygens (including phenoxy) is 1. The Kier molecular flexibility index (Phi) is 4.49. The number of carbonyl (C=O) groups excluding carboxylic acids is 1. The number of benzene rings is 3. The molecule has 0 N–H and O–H groups in total. The monoisotopic (exact) mass is 402 g/mol. The molecule has 5 rings (SSSR count). The van der Waals surface area contributed by atoms with E-state index < -0.39 is 0 Å². The second kappa shape index (κ2) is 7.15. The van der Waals surface area contributed by atoms with E-state index >= 15 is 0 Å².